The number of nitrogens with one attached hydrogen (secondary N) is 1. The second-order valence-electron chi connectivity index (χ2n) is 6.33. The second kappa shape index (κ2) is 8.71. The number of carbonyl (C=O) groups excluding carboxylic acids is 4. The van der Waals surface area contributed by atoms with Crippen LogP contribution < -0.4 is 5.32 Å². The normalized spacial score (nSPS) is 15.4. The van der Waals surface area contributed by atoms with E-state index in [1.54, 1.807) is 0 Å². The predicted molar refractivity (Wildman–Crippen MR) is 99.9 cm³/mol. The Morgan fingerprint density at radius 2 is 1.63 bits per heavy atom. The van der Waals surface area contributed by atoms with Crippen LogP contribution in [0.2, 0.25) is 10.0 Å². The van der Waals surface area contributed by atoms with E-state index in [0.717, 1.165) is 17.7 Å². The fraction of sp³-hybridized carbons (Fsp3) is 0.444. The highest BCUT2D eigenvalue weighted by atomic mass is 35.5. The summed E-state index contributed by atoms with van der Waals surface area (Å²) in [6.45, 7) is 4.70. The molecule has 0 saturated heterocycles. The largest absolute Gasteiger partial charge is 0.454 e. The maximum atomic E-state index is 12.5. The number of carbonyl (C=O) groups is 4. The van der Waals surface area contributed by atoms with Gasteiger partial charge >= 0.3 is 5.97 Å². The Kier molecular flexibility index (Phi) is 6.84. The molecule has 0 saturated carbocycles. The van der Waals surface area contributed by atoms with Gasteiger partial charge in [0.15, 0.2) is 6.61 Å². The molecule has 1 aliphatic rings. The average molecular weight is 415 g/mol. The summed E-state index contributed by atoms with van der Waals surface area (Å²) in [5.41, 5.74) is 0.139. The van der Waals surface area contributed by atoms with E-state index >= 15 is 0 Å². The highest BCUT2D eigenvalue weighted by Gasteiger charge is 2.42. The molecule has 0 unspecified atom stereocenters. The Morgan fingerprint density at radius 3 is 2.11 bits per heavy atom. The van der Waals surface area contributed by atoms with Gasteiger partial charge in [-0.15, -0.1) is 0 Å². The minimum Gasteiger partial charge on any atom is -0.454 e. The van der Waals surface area contributed by atoms with E-state index in [2.05, 4.69) is 5.32 Å². The zero-order valence-corrected chi connectivity index (χ0v) is 16.7. The minimum absolute atomic E-state index is 0.0376. The molecule has 9 heteroatoms. The standard InChI is InChI=1S/C18H20Cl2N2O5/c1-4-5-9(2)21-15(23)8-27-18(26)10(3)22-16(24)11-6-13(19)14(20)7-12(11)17(22)25/h6-7,9-10H,4-5,8H2,1-3H3,(H,21,23)/t9-,10+/m1/s1. The van der Waals surface area contributed by atoms with Crippen molar-refractivity contribution in [3.8, 4) is 0 Å². The number of ether oxygens (including phenoxy) is 1. The molecule has 7 nitrogen and oxygen atoms in total. The summed E-state index contributed by atoms with van der Waals surface area (Å²) < 4.78 is 4.95. The molecule has 1 aliphatic heterocycles. The van der Waals surface area contributed by atoms with Gasteiger partial charge in [0.1, 0.15) is 6.04 Å². The van der Waals surface area contributed by atoms with Gasteiger partial charge in [0.2, 0.25) is 0 Å². The van der Waals surface area contributed by atoms with Crippen LogP contribution >= 0.6 is 23.2 Å². The van der Waals surface area contributed by atoms with Crippen molar-refractivity contribution in [2.75, 3.05) is 6.61 Å². The first-order valence-corrected chi connectivity index (χ1v) is 9.25. The average Bonchev–Trinajstić information content (AvgIpc) is 2.83. The summed E-state index contributed by atoms with van der Waals surface area (Å²) >= 11 is 11.8. The van der Waals surface area contributed by atoms with Crippen LogP contribution in [0.15, 0.2) is 12.1 Å². The lowest BCUT2D eigenvalue weighted by molar-refractivity contribution is -0.152. The van der Waals surface area contributed by atoms with Gasteiger partial charge in [0.25, 0.3) is 17.7 Å². The van der Waals surface area contributed by atoms with Crippen molar-refractivity contribution in [2.45, 2.75) is 45.7 Å². The number of amides is 3. The van der Waals surface area contributed by atoms with E-state index < -0.39 is 36.3 Å². The van der Waals surface area contributed by atoms with Crippen LogP contribution in [0.1, 0.15) is 54.3 Å². The van der Waals surface area contributed by atoms with Crippen LogP contribution in [0.25, 0.3) is 0 Å². The highest BCUT2D eigenvalue weighted by molar-refractivity contribution is 6.43. The Bertz CT molecular complexity index is 755. The van der Waals surface area contributed by atoms with Crippen molar-refractivity contribution in [3.05, 3.63) is 33.3 Å². The van der Waals surface area contributed by atoms with Gasteiger partial charge in [-0.25, -0.2) is 4.79 Å². The van der Waals surface area contributed by atoms with E-state index in [-0.39, 0.29) is 27.2 Å². The molecule has 1 N–H and O–H groups in total. The van der Waals surface area contributed by atoms with Crippen molar-refractivity contribution in [1.29, 1.82) is 0 Å². The summed E-state index contributed by atoms with van der Waals surface area (Å²) in [6.07, 6.45) is 1.71. The van der Waals surface area contributed by atoms with E-state index in [1.165, 1.54) is 19.1 Å². The molecule has 0 aliphatic carbocycles. The first kappa shape index (κ1) is 21.2. The summed E-state index contributed by atoms with van der Waals surface area (Å²) in [4.78, 5) is 49.8. The molecule has 2 rings (SSSR count). The predicted octanol–water partition coefficient (Wildman–Crippen LogP) is 2.83. The summed E-state index contributed by atoms with van der Waals surface area (Å²) in [7, 11) is 0. The lowest BCUT2D eigenvalue weighted by atomic mass is 10.1. The molecule has 0 radical (unpaired) electrons. The maximum Gasteiger partial charge on any atom is 0.329 e. The van der Waals surface area contributed by atoms with Gasteiger partial charge in [-0.1, -0.05) is 36.5 Å². The SMILES string of the molecule is CCC[C@@H](C)NC(=O)COC(=O)[C@H](C)N1C(=O)c2cc(Cl)c(Cl)cc2C1=O. The molecular formula is C18H20Cl2N2O5. The number of fused-ring (bicyclic) bond motifs is 1. The smallest absolute Gasteiger partial charge is 0.329 e. The Labute approximate surface area is 166 Å². The monoisotopic (exact) mass is 414 g/mol. The van der Waals surface area contributed by atoms with Gasteiger partial charge in [-0.3, -0.25) is 19.3 Å². The summed E-state index contributed by atoms with van der Waals surface area (Å²) in [6, 6.07) is 1.35. The molecule has 1 aromatic rings. The lowest BCUT2D eigenvalue weighted by Gasteiger charge is -2.21. The van der Waals surface area contributed by atoms with Crippen LogP contribution in [0, 0.1) is 0 Å². The number of benzene rings is 1. The topological polar surface area (TPSA) is 92.8 Å². The molecule has 2 atom stereocenters. The van der Waals surface area contributed by atoms with Gasteiger partial charge < -0.3 is 10.1 Å². The molecule has 0 aromatic heterocycles. The fourth-order valence-corrected chi connectivity index (χ4v) is 3.12. The van der Waals surface area contributed by atoms with Crippen molar-refractivity contribution in [1.82, 2.24) is 10.2 Å². The van der Waals surface area contributed by atoms with Crippen molar-refractivity contribution >= 4 is 46.9 Å². The Balaban J connectivity index is 2.02. The Hall–Kier alpha value is -2.12. The molecule has 0 fully saturated rings. The zero-order chi connectivity index (χ0) is 20.3. The third-order valence-electron chi connectivity index (χ3n) is 4.16. The van der Waals surface area contributed by atoms with Gasteiger partial charge in [0, 0.05) is 6.04 Å². The zero-order valence-electron chi connectivity index (χ0n) is 15.2. The third-order valence-corrected chi connectivity index (χ3v) is 4.88. The first-order chi connectivity index (χ1) is 12.7. The molecular weight excluding hydrogens is 395 g/mol. The molecule has 0 bridgehead atoms. The quantitative estimate of drug-likeness (QED) is 0.546. The van der Waals surface area contributed by atoms with Crippen LogP contribution in [0.5, 0.6) is 0 Å². The third kappa shape index (κ3) is 4.59. The second-order valence-corrected chi connectivity index (χ2v) is 7.15. The van der Waals surface area contributed by atoms with E-state index in [4.69, 9.17) is 27.9 Å². The van der Waals surface area contributed by atoms with Crippen LogP contribution in [-0.4, -0.2) is 47.3 Å². The summed E-state index contributed by atoms with van der Waals surface area (Å²) in [5.74, 6) is -2.64. The van der Waals surface area contributed by atoms with Gasteiger partial charge in [-0.2, -0.15) is 0 Å². The Morgan fingerprint density at radius 1 is 1.11 bits per heavy atom. The van der Waals surface area contributed by atoms with Crippen LogP contribution in [-0.2, 0) is 14.3 Å². The van der Waals surface area contributed by atoms with E-state index in [1.807, 2.05) is 13.8 Å². The van der Waals surface area contributed by atoms with Crippen LogP contribution in [0.4, 0.5) is 0 Å². The fourth-order valence-electron chi connectivity index (χ4n) is 2.79. The number of esters is 1. The molecule has 146 valence electrons. The lowest BCUT2D eigenvalue weighted by Crippen LogP contribution is -2.45. The van der Waals surface area contributed by atoms with Crippen molar-refractivity contribution < 1.29 is 23.9 Å². The highest BCUT2D eigenvalue weighted by Crippen LogP contribution is 2.32. The van der Waals surface area contributed by atoms with Crippen LogP contribution in [0.3, 0.4) is 0 Å². The molecule has 1 aromatic carbocycles. The molecule has 1 heterocycles. The number of nitrogens with zero attached hydrogens (tertiary/aromatic N) is 1. The van der Waals surface area contributed by atoms with E-state index in [0.29, 0.717) is 0 Å². The maximum absolute atomic E-state index is 12.5. The van der Waals surface area contributed by atoms with Gasteiger partial charge in [0.05, 0.1) is 21.2 Å². The number of rotatable bonds is 7. The number of imide groups is 1. The number of hydrogen-bond acceptors (Lipinski definition) is 5. The first-order valence-electron chi connectivity index (χ1n) is 8.50. The van der Waals surface area contributed by atoms with Gasteiger partial charge in [-0.05, 0) is 32.4 Å². The molecule has 27 heavy (non-hydrogen) atoms. The van der Waals surface area contributed by atoms with Crippen molar-refractivity contribution in [3.63, 3.8) is 0 Å². The number of hydrogen-bond donors (Lipinski definition) is 1. The number of halogens is 2. The molecule has 3 amide bonds. The summed E-state index contributed by atoms with van der Waals surface area (Å²) in [5, 5.41) is 2.96. The van der Waals surface area contributed by atoms with E-state index in [9.17, 15) is 19.2 Å². The van der Waals surface area contributed by atoms with Crippen molar-refractivity contribution in [2.24, 2.45) is 0 Å². The molecule has 0 spiro atoms. The minimum atomic E-state index is -1.20.